The van der Waals surface area contributed by atoms with Gasteiger partial charge in [0.25, 0.3) is 0 Å². The number of hydrogen-bond acceptors (Lipinski definition) is 2. The van der Waals surface area contributed by atoms with Crippen LogP contribution in [0.3, 0.4) is 0 Å². The normalized spacial score (nSPS) is 10.5. The number of nitrogens with one attached hydrogen (secondary N) is 1. The molecule has 2 radical (unpaired) electrons. The third kappa shape index (κ3) is 1.18. The first-order chi connectivity index (χ1) is 6.18. The maximum absolute atomic E-state index is 10.7. The quantitative estimate of drug-likeness (QED) is 0.597. The van der Waals surface area contributed by atoms with E-state index in [1.165, 1.54) is 12.4 Å². The van der Waals surface area contributed by atoms with Gasteiger partial charge in [0, 0.05) is 17.8 Å². The summed E-state index contributed by atoms with van der Waals surface area (Å²) in [4.78, 5) is 17.4. The monoisotopic (exact) mass is 172 g/mol. The minimum absolute atomic E-state index is 0.190. The molecule has 2 aromatic rings. The van der Waals surface area contributed by atoms with Gasteiger partial charge in [0.1, 0.15) is 13.5 Å². The van der Waals surface area contributed by atoms with E-state index in [0.717, 1.165) is 0 Å². The molecule has 2 N–H and O–H groups in total. The molecular formula is C8H5BN2O2. The van der Waals surface area contributed by atoms with E-state index in [1.807, 2.05) is 0 Å². The average molecular weight is 172 g/mol. The van der Waals surface area contributed by atoms with E-state index in [0.29, 0.717) is 16.5 Å². The number of carbonyl (C=O) groups is 1. The minimum Gasteiger partial charge on any atom is -0.478 e. The first-order valence-electron chi connectivity index (χ1n) is 3.64. The van der Waals surface area contributed by atoms with Crippen molar-refractivity contribution in [2.24, 2.45) is 0 Å². The zero-order chi connectivity index (χ0) is 9.42. The Labute approximate surface area is 75.0 Å². The number of aromatic carboxylic acids is 1. The molecule has 0 aromatic carbocycles. The van der Waals surface area contributed by atoms with Crippen molar-refractivity contribution in [2.75, 3.05) is 0 Å². The van der Waals surface area contributed by atoms with Crippen molar-refractivity contribution in [1.29, 1.82) is 0 Å². The Morgan fingerprint density at radius 2 is 2.38 bits per heavy atom. The van der Waals surface area contributed by atoms with Gasteiger partial charge in [0.05, 0.1) is 5.56 Å². The molecule has 0 saturated carbocycles. The molecule has 0 amide bonds. The maximum Gasteiger partial charge on any atom is 0.337 e. The first kappa shape index (κ1) is 7.85. The highest BCUT2D eigenvalue weighted by atomic mass is 16.4. The largest absolute Gasteiger partial charge is 0.478 e. The van der Waals surface area contributed by atoms with Gasteiger partial charge in [-0.3, -0.25) is 0 Å². The standard InChI is InChI=1S/C8H5BN2O2/c9-4-1-5-6(8(12)13)3-11-7(5)10-2-4/h1-3H,(H,10,11)(H,12,13). The predicted octanol–water partition coefficient (Wildman–Crippen LogP) is 0.0549. The summed E-state index contributed by atoms with van der Waals surface area (Å²) < 4.78 is 0. The molecule has 0 unspecified atom stereocenters. The number of carboxylic acids is 1. The number of hydrogen-bond donors (Lipinski definition) is 2. The molecule has 0 bridgehead atoms. The Morgan fingerprint density at radius 1 is 1.62 bits per heavy atom. The molecule has 4 nitrogen and oxygen atoms in total. The molecule has 0 spiro atoms. The Hall–Kier alpha value is -1.78. The van der Waals surface area contributed by atoms with Crippen LogP contribution in [-0.2, 0) is 0 Å². The second-order valence-electron chi connectivity index (χ2n) is 2.67. The van der Waals surface area contributed by atoms with Crippen LogP contribution in [0.25, 0.3) is 11.0 Å². The van der Waals surface area contributed by atoms with Crippen molar-refractivity contribution in [3.05, 3.63) is 24.0 Å². The van der Waals surface area contributed by atoms with E-state index in [2.05, 4.69) is 9.97 Å². The molecule has 0 fully saturated rings. The number of aromatic amines is 1. The molecule has 0 saturated heterocycles. The van der Waals surface area contributed by atoms with E-state index in [-0.39, 0.29) is 5.56 Å². The van der Waals surface area contributed by atoms with Crippen LogP contribution in [0.1, 0.15) is 10.4 Å². The van der Waals surface area contributed by atoms with Gasteiger partial charge < -0.3 is 10.1 Å². The fraction of sp³-hybridized carbons (Fsp3) is 0. The average Bonchev–Trinajstić information content (AvgIpc) is 2.46. The smallest absolute Gasteiger partial charge is 0.337 e. The van der Waals surface area contributed by atoms with Crippen LogP contribution in [0.2, 0.25) is 0 Å². The molecule has 0 aliphatic rings. The number of rotatable bonds is 1. The SMILES string of the molecule is [B]c1cnc2[nH]cc(C(=O)O)c2c1. The third-order valence-electron chi connectivity index (χ3n) is 1.78. The molecule has 62 valence electrons. The lowest BCUT2D eigenvalue weighted by Gasteiger charge is -1.93. The highest BCUT2D eigenvalue weighted by Crippen LogP contribution is 2.13. The van der Waals surface area contributed by atoms with Gasteiger partial charge in [-0.25, -0.2) is 9.78 Å². The zero-order valence-corrected chi connectivity index (χ0v) is 6.61. The van der Waals surface area contributed by atoms with Gasteiger partial charge in [-0.05, 0) is 0 Å². The van der Waals surface area contributed by atoms with Gasteiger partial charge in [-0.15, -0.1) is 0 Å². The van der Waals surface area contributed by atoms with Crippen molar-refractivity contribution in [1.82, 2.24) is 9.97 Å². The summed E-state index contributed by atoms with van der Waals surface area (Å²) in [6.45, 7) is 0. The van der Waals surface area contributed by atoms with E-state index in [4.69, 9.17) is 13.0 Å². The second-order valence-corrected chi connectivity index (χ2v) is 2.67. The number of carboxylic acid groups (broad SMARTS) is 1. The van der Waals surface area contributed by atoms with Crippen LogP contribution >= 0.6 is 0 Å². The summed E-state index contributed by atoms with van der Waals surface area (Å²) in [6, 6.07) is 1.59. The summed E-state index contributed by atoms with van der Waals surface area (Å²) in [6.07, 6.45) is 2.88. The molecule has 0 atom stereocenters. The molecule has 5 heteroatoms. The van der Waals surface area contributed by atoms with E-state index >= 15 is 0 Å². The summed E-state index contributed by atoms with van der Waals surface area (Å²) in [5.41, 5.74) is 1.18. The van der Waals surface area contributed by atoms with Crippen LogP contribution in [0.5, 0.6) is 0 Å². The Bertz CT molecular complexity index is 478. The first-order valence-corrected chi connectivity index (χ1v) is 3.64. The van der Waals surface area contributed by atoms with Crippen molar-refractivity contribution in [2.45, 2.75) is 0 Å². The van der Waals surface area contributed by atoms with E-state index < -0.39 is 5.97 Å². The third-order valence-corrected chi connectivity index (χ3v) is 1.78. The molecule has 2 rings (SSSR count). The summed E-state index contributed by atoms with van der Waals surface area (Å²) in [7, 11) is 5.48. The van der Waals surface area contributed by atoms with Crippen LogP contribution in [0.4, 0.5) is 0 Å². The van der Waals surface area contributed by atoms with E-state index in [1.54, 1.807) is 6.07 Å². The van der Waals surface area contributed by atoms with Crippen LogP contribution in [0, 0.1) is 0 Å². The Morgan fingerprint density at radius 3 is 3.08 bits per heavy atom. The van der Waals surface area contributed by atoms with Gasteiger partial charge in [0.15, 0.2) is 0 Å². The molecule has 2 heterocycles. The van der Waals surface area contributed by atoms with Crippen molar-refractivity contribution in [3.63, 3.8) is 0 Å². The van der Waals surface area contributed by atoms with Crippen molar-refractivity contribution >= 4 is 30.3 Å². The van der Waals surface area contributed by atoms with Crippen LogP contribution in [0.15, 0.2) is 18.5 Å². The summed E-state index contributed by atoms with van der Waals surface area (Å²) in [5.74, 6) is -0.987. The fourth-order valence-electron chi connectivity index (χ4n) is 1.20. The molecular weight excluding hydrogens is 167 g/mol. The molecule has 0 aliphatic carbocycles. The van der Waals surface area contributed by atoms with Crippen LogP contribution < -0.4 is 5.46 Å². The number of aromatic nitrogens is 2. The van der Waals surface area contributed by atoms with Gasteiger partial charge in [-0.2, -0.15) is 0 Å². The van der Waals surface area contributed by atoms with Gasteiger partial charge in [0.2, 0.25) is 0 Å². The van der Waals surface area contributed by atoms with E-state index in [9.17, 15) is 4.79 Å². The van der Waals surface area contributed by atoms with Crippen molar-refractivity contribution < 1.29 is 9.90 Å². The van der Waals surface area contributed by atoms with Gasteiger partial charge in [-0.1, -0.05) is 11.5 Å². The maximum atomic E-state index is 10.7. The number of H-pyrrole nitrogens is 1. The number of fused-ring (bicyclic) bond motifs is 1. The Balaban J connectivity index is 2.79. The molecule has 13 heavy (non-hydrogen) atoms. The highest BCUT2D eigenvalue weighted by Gasteiger charge is 2.10. The number of pyridine rings is 1. The van der Waals surface area contributed by atoms with Crippen LogP contribution in [-0.4, -0.2) is 28.9 Å². The topological polar surface area (TPSA) is 66.0 Å². The Kier molecular flexibility index (Phi) is 1.58. The lowest BCUT2D eigenvalue weighted by Crippen LogP contribution is -2.03. The number of nitrogens with zero attached hydrogens (tertiary/aromatic N) is 1. The van der Waals surface area contributed by atoms with Gasteiger partial charge >= 0.3 is 5.97 Å². The second kappa shape index (κ2) is 2.62. The lowest BCUT2D eigenvalue weighted by molar-refractivity contribution is 0.0699. The van der Waals surface area contributed by atoms with Crippen molar-refractivity contribution in [3.8, 4) is 0 Å². The molecule has 2 aromatic heterocycles. The summed E-state index contributed by atoms with van der Waals surface area (Å²) >= 11 is 0. The zero-order valence-electron chi connectivity index (χ0n) is 6.61. The highest BCUT2D eigenvalue weighted by molar-refractivity contribution is 6.33. The predicted molar refractivity (Wildman–Crippen MR) is 48.4 cm³/mol. The lowest BCUT2D eigenvalue weighted by atomic mass is 9.97. The molecule has 0 aliphatic heterocycles. The minimum atomic E-state index is -0.987. The fourth-order valence-corrected chi connectivity index (χ4v) is 1.20. The summed E-state index contributed by atoms with van der Waals surface area (Å²) in [5, 5.41) is 9.31.